The molecule has 0 aliphatic carbocycles. The second kappa shape index (κ2) is 7.87. The second-order valence-corrected chi connectivity index (χ2v) is 7.88. The van der Waals surface area contributed by atoms with Crippen molar-refractivity contribution in [2.45, 2.75) is 19.4 Å². The minimum absolute atomic E-state index is 0.108. The highest BCUT2D eigenvalue weighted by atomic mass is 19.1. The van der Waals surface area contributed by atoms with Gasteiger partial charge in [0.15, 0.2) is 0 Å². The van der Waals surface area contributed by atoms with Crippen LogP contribution < -0.4 is 10.2 Å². The molecule has 0 spiro atoms. The highest BCUT2D eigenvalue weighted by Crippen LogP contribution is 2.33. The molecule has 2 saturated heterocycles. The monoisotopic (exact) mass is 415 g/mol. The zero-order valence-electron chi connectivity index (χ0n) is 17.0. The topological polar surface area (TPSA) is 52.7 Å². The fourth-order valence-electron chi connectivity index (χ4n) is 4.33. The zero-order valence-corrected chi connectivity index (χ0v) is 17.0. The Morgan fingerprint density at radius 2 is 1.61 bits per heavy atom. The van der Waals surface area contributed by atoms with Crippen molar-refractivity contribution in [1.29, 1.82) is 0 Å². The molecule has 6 heteroatoms. The summed E-state index contributed by atoms with van der Waals surface area (Å²) in [5.41, 5.74) is 2.54. The first kappa shape index (κ1) is 19.3. The van der Waals surface area contributed by atoms with Gasteiger partial charge in [-0.2, -0.15) is 0 Å². The number of carbonyl (C=O) groups excluding carboxylic acids is 2. The molecule has 0 saturated carbocycles. The largest absolute Gasteiger partial charge is 0.371 e. The summed E-state index contributed by atoms with van der Waals surface area (Å²) in [6, 6.07) is 17.8. The molecular formula is C25H22FN3O2. The third-order valence-electron chi connectivity index (χ3n) is 5.93. The van der Waals surface area contributed by atoms with Crippen molar-refractivity contribution in [1.82, 2.24) is 10.2 Å². The average Bonchev–Trinajstić information content (AvgIpc) is 3.40. The highest BCUT2D eigenvalue weighted by Gasteiger charge is 2.34. The molecule has 0 atom stereocenters. The van der Waals surface area contributed by atoms with E-state index < -0.39 is 17.8 Å². The second-order valence-electron chi connectivity index (χ2n) is 7.88. The molecule has 0 aromatic heterocycles. The van der Waals surface area contributed by atoms with Crippen LogP contribution in [-0.4, -0.2) is 29.9 Å². The fraction of sp³-hybridized carbons (Fsp3) is 0.200. The fourth-order valence-corrected chi connectivity index (χ4v) is 4.33. The van der Waals surface area contributed by atoms with Gasteiger partial charge in [0.2, 0.25) is 0 Å². The van der Waals surface area contributed by atoms with Gasteiger partial charge < -0.3 is 10.2 Å². The van der Waals surface area contributed by atoms with E-state index >= 15 is 0 Å². The Kier molecular flexibility index (Phi) is 4.90. The van der Waals surface area contributed by atoms with Gasteiger partial charge in [-0.1, -0.05) is 48.5 Å². The summed E-state index contributed by atoms with van der Waals surface area (Å²) < 4.78 is 14.0. The van der Waals surface area contributed by atoms with Crippen LogP contribution in [0.4, 0.5) is 14.9 Å². The number of nitrogens with one attached hydrogen (secondary N) is 1. The predicted octanol–water partition coefficient (Wildman–Crippen LogP) is 4.67. The minimum Gasteiger partial charge on any atom is -0.371 e. The maximum atomic E-state index is 14.0. The standard InChI is InChI=1S/C25H22FN3O2/c26-21-10-4-1-7-18(21)16-29-24(30)22(27-25(29)31)15-17-11-12-23(28-13-5-6-14-28)20-9-3-2-8-19(17)20/h1-4,7-12,15H,5-6,13-14,16H2,(H,27,31)/b22-15+. The molecule has 0 unspecified atom stereocenters. The summed E-state index contributed by atoms with van der Waals surface area (Å²) in [6.07, 6.45) is 4.09. The van der Waals surface area contributed by atoms with E-state index in [-0.39, 0.29) is 12.2 Å². The number of urea groups is 1. The van der Waals surface area contributed by atoms with Gasteiger partial charge in [-0.25, -0.2) is 9.18 Å². The molecule has 5 nitrogen and oxygen atoms in total. The molecule has 2 fully saturated rings. The molecule has 31 heavy (non-hydrogen) atoms. The van der Waals surface area contributed by atoms with Gasteiger partial charge in [0, 0.05) is 29.7 Å². The molecule has 5 rings (SSSR count). The number of carbonyl (C=O) groups is 2. The van der Waals surface area contributed by atoms with Gasteiger partial charge in [0.1, 0.15) is 11.5 Å². The molecule has 0 radical (unpaired) electrons. The van der Waals surface area contributed by atoms with Crippen molar-refractivity contribution >= 4 is 34.5 Å². The Morgan fingerprint density at radius 1 is 0.903 bits per heavy atom. The van der Waals surface area contributed by atoms with Gasteiger partial charge in [-0.15, -0.1) is 0 Å². The molecule has 1 N–H and O–H groups in total. The minimum atomic E-state index is -0.544. The van der Waals surface area contributed by atoms with E-state index in [2.05, 4.69) is 22.3 Å². The predicted molar refractivity (Wildman–Crippen MR) is 119 cm³/mol. The number of fused-ring (bicyclic) bond motifs is 1. The Morgan fingerprint density at radius 3 is 2.39 bits per heavy atom. The number of nitrogens with zero attached hydrogens (tertiary/aromatic N) is 2. The number of rotatable bonds is 4. The lowest BCUT2D eigenvalue weighted by Crippen LogP contribution is -2.30. The quantitative estimate of drug-likeness (QED) is 0.498. The van der Waals surface area contributed by atoms with Crippen LogP contribution >= 0.6 is 0 Å². The molecule has 3 aromatic carbocycles. The summed E-state index contributed by atoms with van der Waals surface area (Å²) in [7, 11) is 0. The van der Waals surface area contributed by atoms with Crippen LogP contribution in [0.2, 0.25) is 0 Å². The number of amides is 3. The molecule has 156 valence electrons. The van der Waals surface area contributed by atoms with Gasteiger partial charge in [0.25, 0.3) is 5.91 Å². The molecule has 3 aromatic rings. The molecule has 2 heterocycles. The van der Waals surface area contributed by atoms with E-state index in [1.807, 2.05) is 24.3 Å². The summed E-state index contributed by atoms with van der Waals surface area (Å²) in [5, 5.41) is 4.79. The molecule has 0 bridgehead atoms. The van der Waals surface area contributed by atoms with Crippen LogP contribution in [-0.2, 0) is 11.3 Å². The first-order valence-electron chi connectivity index (χ1n) is 10.5. The van der Waals surface area contributed by atoms with Crippen LogP contribution in [0, 0.1) is 5.82 Å². The van der Waals surface area contributed by atoms with E-state index in [1.54, 1.807) is 24.3 Å². The number of halogens is 1. The zero-order chi connectivity index (χ0) is 21.4. The summed E-state index contributed by atoms with van der Waals surface area (Å²) >= 11 is 0. The van der Waals surface area contributed by atoms with Gasteiger partial charge >= 0.3 is 6.03 Å². The van der Waals surface area contributed by atoms with Gasteiger partial charge in [-0.3, -0.25) is 9.69 Å². The van der Waals surface area contributed by atoms with Crippen molar-refractivity contribution < 1.29 is 14.0 Å². The SMILES string of the molecule is O=C1N/C(=C/c2ccc(N3CCCC3)c3ccccc23)C(=O)N1Cc1ccccc1F. The summed E-state index contributed by atoms with van der Waals surface area (Å²) in [6.45, 7) is 1.98. The smallest absolute Gasteiger partial charge is 0.329 e. The Hall–Kier alpha value is -3.67. The lowest BCUT2D eigenvalue weighted by atomic mass is 10.0. The normalized spacial score (nSPS) is 17.8. The Balaban J connectivity index is 1.48. The number of anilines is 1. The Labute approximate surface area is 179 Å². The van der Waals surface area contributed by atoms with Crippen LogP contribution in [0.15, 0.2) is 66.4 Å². The lowest BCUT2D eigenvalue weighted by Gasteiger charge is -2.20. The number of imide groups is 1. The van der Waals surface area contributed by atoms with Crippen molar-refractivity contribution in [2.75, 3.05) is 18.0 Å². The molecule has 2 aliphatic heterocycles. The van der Waals surface area contributed by atoms with Crippen LogP contribution in [0.3, 0.4) is 0 Å². The highest BCUT2D eigenvalue weighted by molar-refractivity contribution is 6.15. The van der Waals surface area contributed by atoms with Crippen molar-refractivity contribution in [2.24, 2.45) is 0 Å². The third-order valence-corrected chi connectivity index (χ3v) is 5.93. The average molecular weight is 415 g/mol. The summed E-state index contributed by atoms with van der Waals surface area (Å²) in [5.74, 6) is -0.898. The van der Waals surface area contributed by atoms with E-state index in [1.165, 1.54) is 24.6 Å². The van der Waals surface area contributed by atoms with Crippen LogP contribution in [0.5, 0.6) is 0 Å². The first-order valence-corrected chi connectivity index (χ1v) is 10.5. The van der Waals surface area contributed by atoms with E-state index in [9.17, 15) is 14.0 Å². The van der Waals surface area contributed by atoms with Crippen LogP contribution in [0.1, 0.15) is 24.0 Å². The van der Waals surface area contributed by atoms with E-state index in [4.69, 9.17) is 0 Å². The van der Waals surface area contributed by atoms with Gasteiger partial charge in [0.05, 0.1) is 6.54 Å². The lowest BCUT2D eigenvalue weighted by molar-refractivity contribution is -0.123. The number of hydrogen-bond donors (Lipinski definition) is 1. The van der Waals surface area contributed by atoms with Gasteiger partial charge in [-0.05, 0) is 42.0 Å². The Bertz CT molecular complexity index is 1210. The van der Waals surface area contributed by atoms with Crippen molar-refractivity contribution in [3.8, 4) is 0 Å². The van der Waals surface area contributed by atoms with Crippen LogP contribution in [0.25, 0.3) is 16.8 Å². The molecule has 3 amide bonds. The maximum Gasteiger partial charge on any atom is 0.329 e. The van der Waals surface area contributed by atoms with Crippen molar-refractivity contribution in [3.63, 3.8) is 0 Å². The maximum absolute atomic E-state index is 14.0. The first-order chi connectivity index (χ1) is 15.1. The molecular weight excluding hydrogens is 393 g/mol. The number of benzene rings is 3. The van der Waals surface area contributed by atoms with Crippen molar-refractivity contribution in [3.05, 3.63) is 83.3 Å². The number of hydrogen-bond acceptors (Lipinski definition) is 3. The summed E-state index contributed by atoms with van der Waals surface area (Å²) in [4.78, 5) is 28.7. The van der Waals surface area contributed by atoms with E-state index in [0.717, 1.165) is 34.3 Å². The van der Waals surface area contributed by atoms with E-state index in [0.29, 0.717) is 5.56 Å². The third kappa shape index (κ3) is 3.54. The molecule has 2 aliphatic rings.